The molecule has 4 heteroatoms. The van der Waals surface area contributed by atoms with Crippen molar-refractivity contribution in [3.05, 3.63) is 89.0 Å². The van der Waals surface area contributed by atoms with Crippen LogP contribution in [-0.2, 0) is 19.6 Å². The van der Waals surface area contributed by atoms with Crippen LogP contribution >= 0.6 is 0 Å². The molecule has 0 spiro atoms. The number of rotatable bonds is 14. The summed E-state index contributed by atoms with van der Waals surface area (Å²) in [6.45, 7) is 10.2. The van der Waals surface area contributed by atoms with Gasteiger partial charge >= 0.3 is 0 Å². The first kappa shape index (κ1) is 26.4. The van der Waals surface area contributed by atoms with E-state index >= 15 is 0 Å². The van der Waals surface area contributed by atoms with Crippen molar-refractivity contribution in [3.8, 4) is 16.9 Å². The summed E-state index contributed by atoms with van der Waals surface area (Å²) in [6, 6.07) is 24.6. The number of ether oxygens (including phenoxy) is 4. The summed E-state index contributed by atoms with van der Waals surface area (Å²) in [5, 5.41) is 0. The molecule has 0 aliphatic heterocycles. The van der Waals surface area contributed by atoms with Gasteiger partial charge in [0.05, 0.1) is 33.0 Å². The molecule has 4 rings (SSSR count). The highest BCUT2D eigenvalue weighted by atomic mass is 16.6. The summed E-state index contributed by atoms with van der Waals surface area (Å²) in [7, 11) is 1.67. The normalized spacial score (nSPS) is 13.6. The Hall–Kier alpha value is -2.66. The minimum atomic E-state index is -0.146. The molecular weight excluding hydrogens is 448 g/mol. The van der Waals surface area contributed by atoms with E-state index in [-0.39, 0.29) is 5.41 Å². The second-order valence-electron chi connectivity index (χ2n) is 9.98. The Balaban J connectivity index is 1.52. The van der Waals surface area contributed by atoms with Gasteiger partial charge in [-0.1, -0.05) is 74.5 Å². The average molecular weight is 489 g/mol. The summed E-state index contributed by atoms with van der Waals surface area (Å²) in [6.07, 6.45) is 2.24. The molecule has 3 aromatic rings. The first-order valence-corrected chi connectivity index (χ1v) is 13.2. The van der Waals surface area contributed by atoms with Crippen molar-refractivity contribution in [1.82, 2.24) is 0 Å². The molecule has 0 N–H and O–H groups in total. The highest BCUT2D eigenvalue weighted by Gasteiger charge is 2.44. The van der Waals surface area contributed by atoms with Crippen molar-refractivity contribution in [1.29, 1.82) is 0 Å². The second-order valence-corrected chi connectivity index (χ2v) is 9.98. The largest absolute Gasteiger partial charge is 0.491 e. The Labute approximate surface area is 216 Å². The zero-order valence-electron chi connectivity index (χ0n) is 22.2. The van der Waals surface area contributed by atoms with Crippen molar-refractivity contribution in [2.75, 3.05) is 46.8 Å². The lowest BCUT2D eigenvalue weighted by molar-refractivity contribution is 0.0179. The van der Waals surface area contributed by atoms with Crippen LogP contribution < -0.4 is 4.74 Å². The number of fused-ring (bicyclic) bond motifs is 3. The van der Waals surface area contributed by atoms with Gasteiger partial charge < -0.3 is 18.9 Å². The molecular formula is C32H40O4. The molecule has 3 aromatic carbocycles. The van der Waals surface area contributed by atoms with E-state index < -0.39 is 0 Å². The zero-order valence-corrected chi connectivity index (χ0v) is 22.2. The van der Waals surface area contributed by atoms with Gasteiger partial charge in [0.15, 0.2) is 0 Å². The molecule has 0 saturated heterocycles. The van der Waals surface area contributed by atoms with Gasteiger partial charge in [-0.2, -0.15) is 0 Å². The lowest BCUT2D eigenvalue weighted by atomic mass is 9.68. The molecule has 1 aliphatic rings. The molecule has 0 atom stereocenters. The van der Waals surface area contributed by atoms with Gasteiger partial charge in [-0.25, -0.2) is 0 Å². The Bertz CT molecular complexity index is 1080. The number of methoxy groups -OCH3 is 1. The fourth-order valence-electron chi connectivity index (χ4n) is 5.31. The van der Waals surface area contributed by atoms with Crippen LogP contribution in [0.25, 0.3) is 11.1 Å². The van der Waals surface area contributed by atoms with Crippen molar-refractivity contribution >= 4 is 0 Å². The molecule has 4 nitrogen and oxygen atoms in total. The Kier molecular flexibility index (Phi) is 9.19. The minimum absolute atomic E-state index is 0.146. The SMILES string of the molecule is COCCOCCOCCOc1ccc(C2(CCC(C)C)c3ccccc3-c3ccccc32)cc1C. The maximum Gasteiger partial charge on any atom is 0.122 e. The van der Waals surface area contributed by atoms with E-state index in [4.69, 9.17) is 18.9 Å². The lowest BCUT2D eigenvalue weighted by Crippen LogP contribution is -2.27. The molecule has 0 saturated carbocycles. The molecule has 0 heterocycles. The maximum absolute atomic E-state index is 6.08. The van der Waals surface area contributed by atoms with E-state index in [1.165, 1.54) is 27.8 Å². The van der Waals surface area contributed by atoms with E-state index in [9.17, 15) is 0 Å². The molecule has 0 fully saturated rings. The van der Waals surface area contributed by atoms with Crippen molar-refractivity contribution in [2.45, 2.75) is 39.0 Å². The van der Waals surface area contributed by atoms with Gasteiger partial charge in [0, 0.05) is 12.5 Å². The van der Waals surface area contributed by atoms with Crippen LogP contribution in [0.4, 0.5) is 0 Å². The molecule has 0 aromatic heterocycles. The van der Waals surface area contributed by atoms with E-state index in [1.54, 1.807) is 7.11 Å². The monoisotopic (exact) mass is 488 g/mol. The summed E-state index contributed by atoms with van der Waals surface area (Å²) in [4.78, 5) is 0. The van der Waals surface area contributed by atoms with Crippen LogP contribution in [-0.4, -0.2) is 46.8 Å². The molecule has 36 heavy (non-hydrogen) atoms. The summed E-state index contributed by atoms with van der Waals surface area (Å²) in [5.74, 6) is 1.55. The summed E-state index contributed by atoms with van der Waals surface area (Å²) in [5.41, 5.74) is 7.90. The molecule has 0 radical (unpaired) electrons. The van der Waals surface area contributed by atoms with Crippen LogP contribution in [0.5, 0.6) is 5.75 Å². The quantitative estimate of drug-likeness (QED) is 0.234. The van der Waals surface area contributed by atoms with Gasteiger partial charge in [0.25, 0.3) is 0 Å². The van der Waals surface area contributed by atoms with Gasteiger partial charge in [-0.05, 0) is 65.1 Å². The lowest BCUT2D eigenvalue weighted by Gasteiger charge is -2.34. The van der Waals surface area contributed by atoms with Crippen LogP contribution in [0.3, 0.4) is 0 Å². The Morgan fingerprint density at radius 2 is 1.31 bits per heavy atom. The number of hydrogen-bond donors (Lipinski definition) is 0. The Morgan fingerprint density at radius 3 is 1.89 bits per heavy atom. The fraction of sp³-hybridized carbons (Fsp3) is 0.438. The highest BCUT2D eigenvalue weighted by Crippen LogP contribution is 2.55. The summed E-state index contributed by atoms with van der Waals surface area (Å²) >= 11 is 0. The number of benzene rings is 3. The van der Waals surface area contributed by atoms with E-state index in [0.29, 0.717) is 45.6 Å². The van der Waals surface area contributed by atoms with Crippen molar-refractivity contribution in [3.63, 3.8) is 0 Å². The zero-order chi connectivity index (χ0) is 25.4. The number of hydrogen-bond acceptors (Lipinski definition) is 4. The van der Waals surface area contributed by atoms with Gasteiger partial charge in [0.1, 0.15) is 12.4 Å². The standard InChI is InChI=1S/C32H40O4/c1-24(2)15-16-32(29-11-7-5-9-27(29)28-10-6-8-12-30(28)32)26-13-14-31(25(3)23-26)36-22-21-35-20-19-34-18-17-33-4/h5-14,23-24H,15-22H2,1-4H3. The molecule has 0 unspecified atom stereocenters. The third kappa shape index (κ3) is 5.67. The van der Waals surface area contributed by atoms with E-state index in [0.717, 1.165) is 24.2 Å². The molecule has 1 aliphatic carbocycles. The smallest absolute Gasteiger partial charge is 0.122 e. The van der Waals surface area contributed by atoms with E-state index in [1.807, 2.05) is 0 Å². The van der Waals surface area contributed by atoms with Crippen LogP contribution in [0.15, 0.2) is 66.7 Å². The average Bonchev–Trinajstić information content (AvgIpc) is 3.18. The first-order valence-electron chi connectivity index (χ1n) is 13.2. The van der Waals surface area contributed by atoms with Gasteiger partial charge in [-0.15, -0.1) is 0 Å². The minimum Gasteiger partial charge on any atom is -0.491 e. The van der Waals surface area contributed by atoms with Crippen LogP contribution in [0.2, 0.25) is 0 Å². The number of aryl methyl sites for hydroxylation is 1. The molecule has 0 bridgehead atoms. The van der Waals surface area contributed by atoms with Gasteiger partial charge in [-0.3, -0.25) is 0 Å². The Morgan fingerprint density at radius 1 is 0.722 bits per heavy atom. The van der Waals surface area contributed by atoms with Crippen molar-refractivity contribution < 1.29 is 18.9 Å². The van der Waals surface area contributed by atoms with Crippen molar-refractivity contribution in [2.24, 2.45) is 5.92 Å². The van der Waals surface area contributed by atoms with Crippen LogP contribution in [0.1, 0.15) is 48.9 Å². The van der Waals surface area contributed by atoms with E-state index in [2.05, 4.69) is 87.5 Å². The predicted molar refractivity (Wildman–Crippen MR) is 146 cm³/mol. The first-order chi connectivity index (χ1) is 17.6. The summed E-state index contributed by atoms with van der Waals surface area (Å²) < 4.78 is 22.1. The highest BCUT2D eigenvalue weighted by molar-refractivity contribution is 5.83. The maximum atomic E-state index is 6.08. The third-order valence-electron chi connectivity index (χ3n) is 7.12. The van der Waals surface area contributed by atoms with Gasteiger partial charge in [0.2, 0.25) is 0 Å². The molecule has 192 valence electrons. The van der Waals surface area contributed by atoms with Crippen LogP contribution in [0, 0.1) is 12.8 Å². The topological polar surface area (TPSA) is 36.9 Å². The molecule has 0 amide bonds. The third-order valence-corrected chi connectivity index (χ3v) is 7.12. The predicted octanol–water partition coefficient (Wildman–Crippen LogP) is 6.80. The fourth-order valence-corrected chi connectivity index (χ4v) is 5.31. The second kappa shape index (κ2) is 12.5.